The minimum Gasteiger partial charge on any atom is -0.485 e. The van der Waals surface area contributed by atoms with Gasteiger partial charge in [0.25, 0.3) is 5.91 Å². The van der Waals surface area contributed by atoms with E-state index in [1.165, 1.54) is 0 Å². The molecule has 0 aliphatic carbocycles. The van der Waals surface area contributed by atoms with Gasteiger partial charge in [0.1, 0.15) is 6.61 Å². The van der Waals surface area contributed by atoms with Crippen LogP contribution in [0.2, 0.25) is 0 Å². The van der Waals surface area contributed by atoms with E-state index in [-0.39, 0.29) is 18.6 Å². The van der Waals surface area contributed by atoms with E-state index in [0.29, 0.717) is 18.0 Å². The van der Waals surface area contributed by atoms with Crippen LogP contribution in [0, 0.1) is 0 Å². The van der Waals surface area contributed by atoms with Crippen LogP contribution < -0.4 is 9.47 Å². The van der Waals surface area contributed by atoms with E-state index in [1.807, 2.05) is 46.1 Å². The second-order valence-corrected chi connectivity index (χ2v) is 5.93. The minimum atomic E-state index is -0.568. The monoisotopic (exact) mass is 313 g/mol. The molecule has 0 radical (unpaired) electrons. The van der Waals surface area contributed by atoms with Crippen molar-refractivity contribution >= 4 is 5.91 Å². The van der Waals surface area contributed by atoms with Crippen molar-refractivity contribution in [1.29, 1.82) is 0 Å². The Morgan fingerprint density at radius 2 is 2.09 bits per heavy atom. The fourth-order valence-electron chi connectivity index (χ4n) is 3.21. The second-order valence-electron chi connectivity index (χ2n) is 5.93. The van der Waals surface area contributed by atoms with E-state index < -0.39 is 6.10 Å². The molecule has 2 atom stereocenters. The first kappa shape index (κ1) is 14.1. The van der Waals surface area contributed by atoms with Gasteiger partial charge in [0.2, 0.25) is 6.10 Å². The minimum absolute atomic E-state index is 0.00337. The lowest BCUT2D eigenvalue weighted by molar-refractivity contribution is -0.143. The van der Waals surface area contributed by atoms with Crippen molar-refractivity contribution < 1.29 is 14.3 Å². The number of nitrogens with zero attached hydrogens (tertiary/aromatic N) is 3. The van der Waals surface area contributed by atoms with E-state index >= 15 is 0 Å². The maximum absolute atomic E-state index is 12.8. The number of rotatable bonds is 2. The highest BCUT2D eigenvalue weighted by Gasteiger charge is 2.33. The number of benzene rings is 1. The number of hydrogen-bond acceptors (Lipinski definition) is 4. The van der Waals surface area contributed by atoms with Gasteiger partial charge in [0.15, 0.2) is 11.5 Å². The summed E-state index contributed by atoms with van der Waals surface area (Å²) in [5, 5.41) is 4.30. The van der Waals surface area contributed by atoms with Gasteiger partial charge < -0.3 is 14.4 Å². The molecule has 3 heterocycles. The number of carbonyl (C=O) groups is 1. The van der Waals surface area contributed by atoms with Crippen LogP contribution in [-0.2, 0) is 4.79 Å². The third-order valence-corrected chi connectivity index (χ3v) is 4.39. The molecule has 2 aromatic rings. The maximum Gasteiger partial charge on any atom is 0.267 e. The average molecular weight is 313 g/mol. The largest absolute Gasteiger partial charge is 0.485 e. The number of aromatic nitrogens is 2. The molecular formula is C17H19N3O3. The molecule has 2 aliphatic rings. The zero-order chi connectivity index (χ0) is 15.6. The van der Waals surface area contributed by atoms with Crippen LogP contribution in [-0.4, -0.2) is 46.4 Å². The molecule has 120 valence electrons. The number of amides is 1. The number of likely N-dealkylation sites (tertiary alicyclic amines) is 1. The topological polar surface area (TPSA) is 56.6 Å². The standard InChI is InChI=1S/C17H19N3O3/c21-17(16-12-22-14-6-1-2-7-15(14)23-16)19-9-3-5-13(11-19)20-10-4-8-18-20/h1-2,4,6-8,10,13,16H,3,5,9,11-12H2. The van der Waals surface area contributed by atoms with Gasteiger partial charge in [0, 0.05) is 25.5 Å². The lowest BCUT2D eigenvalue weighted by Gasteiger charge is -2.36. The highest BCUT2D eigenvalue weighted by atomic mass is 16.6. The first-order chi connectivity index (χ1) is 11.3. The van der Waals surface area contributed by atoms with E-state index in [4.69, 9.17) is 9.47 Å². The number of fused-ring (bicyclic) bond motifs is 1. The highest BCUT2D eigenvalue weighted by molar-refractivity contribution is 5.82. The van der Waals surface area contributed by atoms with Crippen molar-refractivity contribution in [1.82, 2.24) is 14.7 Å². The first-order valence-electron chi connectivity index (χ1n) is 7.97. The van der Waals surface area contributed by atoms with E-state index in [1.54, 1.807) is 6.20 Å². The van der Waals surface area contributed by atoms with E-state index in [0.717, 1.165) is 19.4 Å². The third kappa shape index (κ3) is 2.76. The molecule has 1 aromatic heterocycles. The van der Waals surface area contributed by atoms with E-state index in [9.17, 15) is 4.79 Å². The fourth-order valence-corrected chi connectivity index (χ4v) is 3.21. The molecule has 2 unspecified atom stereocenters. The quantitative estimate of drug-likeness (QED) is 0.849. The van der Waals surface area contributed by atoms with Gasteiger partial charge in [-0.15, -0.1) is 0 Å². The summed E-state index contributed by atoms with van der Waals surface area (Å²) in [5.74, 6) is 1.33. The Morgan fingerprint density at radius 1 is 1.22 bits per heavy atom. The van der Waals surface area contributed by atoms with Crippen molar-refractivity contribution in [3.8, 4) is 11.5 Å². The molecule has 0 bridgehead atoms. The van der Waals surface area contributed by atoms with Gasteiger partial charge in [-0.1, -0.05) is 12.1 Å². The lowest BCUT2D eigenvalue weighted by atomic mass is 10.1. The molecule has 1 amide bonds. The number of carbonyl (C=O) groups excluding carboxylic acids is 1. The molecule has 23 heavy (non-hydrogen) atoms. The van der Waals surface area contributed by atoms with Crippen LogP contribution >= 0.6 is 0 Å². The molecule has 0 N–H and O–H groups in total. The van der Waals surface area contributed by atoms with Crippen LogP contribution in [0.5, 0.6) is 11.5 Å². The number of ether oxygens (including phenoxy) is 2. The summed E-state index contributed by atoms with van der Waals surface area (Å²) in [5.41, 5.74) is 0. The van der Waals surface area contributed by atoms with Crippen LogP contribution in [0.1, 0.15) is 18.9 Å². The summed E-state index contributed by atoms with van der Waals surface area (Å²) in [6, 6.07) is 9.60. The number of para-hydroxylation sites is 2. The molecule has 4 rings (SSSR count). The Labute approximate surface area is 134 Å². The molecule has 1 saturated heterocycles. The zero-order valence-corrected chi connectivity index (χ0v) is 12.8. The summed E-state index contributed by atoms with van der Waals surface area (Å²) in [4.78, 5) is 14.6. The zero-order valence-electron chi connectivity index (χ0n) is 12.8. The Kier molecular flexibility index (Phi) is 3.65. The van der Waals surface area contributed by atoms with Crippen molar-refractivity contribution in [2.45, 2.75) is 25.0 Å². The Bertz CT molecular complexity index is 686. The maximum atomic E-state index is 12.8. The van der Waals surface area contributed by atoms with Crippen molar-refractivity contribution in [3.63, 3.8) is 0 Å². The molecule has 0 spiro atoms. The SMILES string of the molecule is O=C(C1COc2ccccc2O1)N1CCCC(n2cccn2)C1. The summed E-state index contributed by atoms with van der Waals surface area (Å²) in [6.07, 6.45) is 5.17. The predicted octanol–water partition coefficient (Wildman–Crippen LogP) is 1.89. The van der Waals surface area contributed by atoms with Gasteiger partial charge in [-0.3, -0.25) is 9.48 Å². The Morgan fingerprint density at radius 3 is 2.91 bits per heavy atom. The van der Waals surface area contributed by atoms with Gasteiger partial charge >= 0.3 is 0 Å². The summed E-state index contributed by atoms with van der Waals surface area (Å²) in [6.45, 7) is 1.69. The van der Waals surface area contributed by atoms with Gasteiger partial charge in [-0.2, -0.15) is 5.10 Å². The molecule has 2 aliphatic heterocycles. The smallest absolute Gasteiger partial charge is 0.267 e. The van der Waals surface area contributed by atoms with E-state index in [2.05, 4.69) is 5.10 Å². The predicted molar refractivity (Wildman–Crippen MR) is 83.4 cm³/mol. The normalized spacial score (nSPS) is 23.6. The van der Waals surface area contributed by atoms with Crippen molar-refractivity contribution in [2.75, 3.05) is 19.7 Å². The molecule has 6 heteroatoms. The summed E-state index contributed by atoms with van der Waals surface area (Å²) in [7, 11) is 0. The third-order valence-electron chi connectivity index (χ3n) is 4.39. The molecule has 1 aromatic carbocycles. The van der Waals surface area contributed by atoms with Gasteiger partial charge in [-0.05, 0) is 31.0 Å². The van der Waals surface area contributed by atoms with Gasteiger partial charge in [-0.25, -0.2) is 0 Å². The van der Waals surface area contributed by atoms with Crippen molar-refractivity contribution in [2.24, 2.45) is 0 Å². The summed E-state index contributed by atoms with van der Waals surface area (Å²) >= 11 is 0. The van der Waals surface area contributed by atoms with Gasteiger partial charge in [0.05, 0.1) is 6.04 Å². The summed E-state index contributed by atoms with van der Waals surface area (Å²) < 4.78 is 13.4. The molecular weight excluding hydrogens is 294 g/mol. The average Bonchev–Trinajstić information content (AvgIpc) is 3.15. The van der Waals surface area contributed by atoms with Crippen LogP contribution in [0.4, 0.5) is 0 Å². The first-order valence-corrected chi connectivity index (χ1v) is 7.97. The highest BCUT2D eigenvalue weighted by Crippen LogP contribution is 2.32. The molecule has 6 nitrogen and oxygen atoms in total. The second kappa shape index (κ2) is 5.95. The Balaban J connectivity index is 1.45. The fraction of sp³-hybridized carbons (Fsp3) is 0.412. The molecule has 0 saturated carbocycles. The number of piperidine rings is 1. The lowest BCUT2D eigenvalue weighted by Crippen LogP contribution is -2.50. The Hall–Kier alpha value is -2.50. The van der Waals surface area contributed by atoms with Crippen LogP contribution in [0.3, 0.4) is 0 Å². The van der Waals surface area contributed by atoms with Crippen LogP contribution in [0.25, 0.3) is 0 Å². The molecule has 1 fully saturated rings. The van der Waals surface area contributed by atoms with Crippen LogP contribution in [0.15, 0.2) is 42.7 Å². The number of hydrogen-bond donors (Lipinski definition) is 0. The van der Waals surface area contributed by atoms with Crippen molar-refractivity contribution in [3.05, 3.63) is 42.7 Å².